The Balaban J connectivity index is 3.50. The van der Waals surface area contributed by atoms with E-state index < -0.39 is 0 Å². The average Bonchev–Trinajstić information content (AvgIpc) is 1.83. The van der Waals surface area contributed by atoms with Crippen molar-refractivity contribution in [2.75, 3.05) is 0 Å². The number of aldehydes is 1. The lowest BCUT2D eigenvalue weighted by Crippen LogP contribution is -1.86. The molecule has 0 saturated carbocycles. The van der Waals surface area contributed by atoms with Gasteiger partial charge in [-0.3, -0.25) is 0 Å². The molecule has 0 aliphatic rings. The van der Waals surface area contributed by atoms with Crippen molar-refractivity contribution in [2.45, 2.75) is 6.92 Å². The van der Waals surface area contributed by atoms with Gasteiger partial charge in [-0.25, -0.2) is 0 Å². The minimum atomic E-state index is 0.0213. The van der Waals surface area contributed by atoms with Crippen molar-refractivity contribution in [2.24, 2.45) is 5.92 Å². The summed E-state index contributed by atoms with van der Waals surface area (Å²) in [6.45, 7) is 5.29. The standard InChI is InChI=1S/C7H10O/c1-3-4-5-7(2)6-8/h3-7H,1H2,2H3/b5-4-. The van der Waals surface area contributed by atoms with Crippen LogP contribution in [0.25, 0.3) is 0 Å². The van der Waals surface area contributed by atoms with E-state index in [0.717, 1.165) is 6.29 Å². The van der Waals surface area contributed by atoms with Crippen LogP contribution in [0.15, 0.2) is 24.8 Å². The van der Waals surface area contributed by atoms with E-state index in [1.807, 2.05) is 6.92 Å². The van der Waals surface area contributed by atoms with Gasteiger partial charge in [-0.2, -0.15) is 0 Å². The molecule has 0 spiro atoms. The molecule has 1 nitrogen and oxygen atoms in total. The van der Waals surface area contributed by atoms with E-state index in [2.05, 4.69) is 6.58 Å². The summed E-state index contributed by atoms with van der Waals surface area (Å²) in [4.78, 5) is 9.93. The molecule has 44 valence electrons. The van der Waals surface area contributed by atoms with E-state index >= 15 is 0 Å². The molecule has 0 N–H and O–H groups in total. The summed E-state index contributed by atoms with van der Waals surface area (Å²) in [5.74, 6) is 0.0213. The van der Waals surface area contributed by atoms with Gasteiger partial charge in [0.25, 0.3) is 0 Å². The molecule has 8 heavy (non-hydrogen) atoms. The Kier molecular flexibility index (Phi) is 3.85. The third-order valence-electron chi connectivity index (χ3n) is 0.765. The van der Waals surface area contributed by atoms with Crippen LogP contribution in [0.5, 0.6) is 0 Å². The molecular formula is C7H10O. The quantitative estimate of drug-likeness (QED) is 0.398. The molecule has 0 aliphatic carbocycles. The smallest absolute Gasteiger partial charge is 0.126 e. The molecule has 0 aromatic heterocycles. The van der Waals surface area contributed by atoms with Crippen LogP contribution in [0.1, 0.15) is 6.92 Å². The Hall–Kier alpha value is -0.850. The summed E-state index contributed by atoms with van der Waals surface area (Å²) < 4.78 is 0. The van der Waals surface area contributed by atoms with E-state index in [-0.39, 0.29) is 5.92 Å². The molecule has 0 heterocycles. The molecule has 0 rings (SSSR count). The van der Waals surface area contributed by atoms with Crippen LogP contribution in [0, 0.1) is 5.92 Å². The maximum absolute atomic E-state index is 9.93. The average molecular weight is 110 g/mol. The first kappa shape index (κ1) is 7.15. The van der Waals surface area contributed by atoms with Gasteiger partial charge in [0.2, 0.25) is 0 Å². The highest BCUT2D eigenvalue weighted by Gasteiger charge is 1.86. The minimum absolute atomic E-state index is 0.0213. The third-order valence-corrected chi connectivity index (χ3v) is 0.765. The van der Waals surface area contributed by atoms with Crippen molar-refractivity contribution in [3.05, 3.63) is 24.8 Å². The lowest BCUT2D eigenvalue weighted by molar-refractivity contribution is -0.109. The van der Waals surface area contributed by atoms with Crippen molar-refractivity contribution in [1.29, 1.82) is 0 Å². The molecule has 0 aliphatic heterocycles. The van der Waals surface area contributed by atoms with Crippen LogP contribution < -0.4 is 0 Å². The number of carbonyl (C=O) groups is 1. The summed E-state index contributed by atoms with van der Waals surface area (Å²) in [7, 11) is 0. The maximum Gasteiger partial charge on any atom is 0.126 e. The monoisotopic (exact) mass is 110 g/mol. The van der Waals surface area contributed by atoms with Crippen LogP contribution in [0.4, 0.5) is 0 Å². The number of hydrogen-bond donors (Lipinski definition) is 0. The van der Waals surface area contributed by atoms with Crippen molar-refractivity contribution in [3.8, 4) is 0 Å². The zero-order valence-corrected chi connectivity index (χ0v) is 5.00. The van der Waals surface area contributed by atoms with E-state index in [4.69, 9.17) is 0 Å². The van der Waals surface area contributed by atoms with Crippen molar-refractivity contribution in [3.63, 3.8) is 0 Å². The highest BCUT2D eigenvalue weighted by molar-refractivity contribution is 5.55. The normalized spacial score (nSPS) is 13.6. The lowest BCUT2D eigenvalue weighted by atomic mass is 10.2. The fourth-order valence-electron chi connectivity index (χ4n) is 0.299. The molecule has 0 aromatic carbocycles. The van der Waals surface area contributed by atoms with Crippen molar-refractivity contribution < 1.29 is 4.79 Å². The van der Waals surface area contributed by atoms with Gasteiger partial charge in [-0.15, -0.1) is 0 Å². The second-order valence-corrected chi connectivity index (χ2v) is 1.62. The Morgan fingerprint density at radius 3 is 2.62 bits per heavy atom. The largest absolute Gasteiger partial charge is 0.303 e. The van der Waals surface area contributed by atoms with Crippen LogP contribution in [0.2, 0.25) is 0 Å². The number of hydrogen-bond acceptors (Lipinski definition) is 1. The number of carbonyl (C=O) groups excluding carboxylic acids is 1. The maximum atomic E-state index is 9.93. The molecule has 0 aromatic rings. The van der Waals surface area contributed by atoms with E-state index in [1.54, 1.807) is 18.2 Å². The Morgan fingerprint density at radius 1 is 1.62 bits per heavy atom. The molecule has 0 radical (unpaired) electrons. The van der Waals surface area contributed by atoms with Gasteiger partial charge in [0.15, 0.2) is 0 Å². The molecular weight excluding hydrogens is 100 g/mol. The zero-order chi connectivity index (χ0) is 6.41. The van der Waals surface area contributed by atoms with Gasteiger partial charge in [0, 0.05) is 5.92 Å². The Labute approximate surface area is 49.7 Å². The van der Waals surface area contributed by atoms with Gasteiger partial charge in [-0.1, -0.05) is 31.7 Å². The molecule has 0 fully saturated rings. The van der Waals surface area contributed by atoms with Gasteiger partial charge >= 0.3 is 0 Å². The summed E-state index contributed by atoms with van der Waals surface area (Å²) >= 11 is 0. The summed E-state index contributed by atoms with van der Waals surface area (Å²) in [5.41, 5.74) is 0. The second-order valence-electron chi connectivity index (χ2n) is 1.62. The highest BCUT2D eigenvalue weighted by Crippen LogP contribution is 1.89. The molecule has 0 bridgehead atoms. The zero-order valence-electron chi connectivity index (χ0n) is 5.00. The first-order valence-corrected chi connectivity index (χ1v) is 2.55. The van der Waals surface area contributed by atoms with E-state index in [9.17, 15) is 4.79 Å². The number of allylic oxidation sites excluding steroid dienone is 3. The third kappa shape index (κ3) is 3.34. The first-order chi connectivity index (χ1) is 3.81. The minimum Gasteiger partial charge on any atom is -0.303 e. The summed E-state index contributed by atoms with van der Waals surface area (Å²) in [6.07, 6.45) is 6.10. The van der Waals surface area contributed by atoms with Gasteiger partial charge in [0.1, 0.15) is 6.29 Å². The topological polar surface area (TPSA) is 17.1 Å². The Bertz CT molecular complexity index is 103. The molecule has 0 saturated heterocycles. The molecule has 1 unspecified atom stereocenters. The van der Waals surface area contributed by atoms with Crippen LogP contribution >= 0.6 is 0 Å². The van der Waals surface area contributed by atoms with Crippen LogP contribution in [-0.4, -0.2) is 6.29 Å². The fraction of sp³-hybridized carbons (Fsp3) is 0.286. The van der Waals surface area contributed by atoms with E-state index in [1.165, 1.54) is 0 Å². The molecule has 0 amide bonds. The summed E-state index contributed by atoms with van der Waals surface area (Å²) in [5, 5.41) is 0. The molecule has 1 heteroatoms. The predicted octanol–water partition coefficient (Wildman–Crippen LogP) is 1.56. The number of rotatable bonds is 3. The van der Waals surface area contributed by atoms with Crippen LogP contribution in [-0.2, 0) is 4.79 Å². The second kappa shape index (κ2) is 4.31. The van der Waals surface area contributed by atoms with Crippen molar-refractivity contribution in [1.82, 2.24) is 0 Å². The van der Waals surface area contributed by atoms with Gasteiger partial charge in [-0.05, 0) is 0 Å². The highest BCUT2D eigenvalue weighted by atomic mass is 16.1. The van der Waals surface area contributed by atoms with Gasteiger partial charge < -0.3 is 4.79 Å². The first-order valence-electron chi connectivity index (χ1n) is 2.55. The predicted molar refractivity (Wildman–Crippen MR) is 34.6 cm³/mol. The SMILES string of the molecule is C=C/C=C\C(C)C=O. The van der Waals surface area contributed by atoms with Gasteiger partial charge in [0.05, 0.1) is 0 Å². The lowest BCUT2D eigenvalue weighted by Gasteiger charge is -1.86. The summed E-state index contributed by atoms with van der Waals surface area (Å²) in [6, 6.07) is 0. The fourth-order valence-corrected chi connectivity index (χ4v) is 0.299. The van der Waals surface area contributed by atoms with E-state index in [0.29, 0.717) is 0 Å². The van der Waals surface area contributed by atoms with Crippen LogP contribution in [0.3, 0.4) is 0 Å². The molecule has 1 atom stereocenters. The van der Waals surface area contributed by atoms with Crippen molar-refractivity contribution >= 4 is 6.29 Å². The Morgan fingerprint density at radius 2 is 2.25 bits per heavy atom.